The maximum Gasteiger partial charge on any atom is 0.135 e. The van der Waals surface area contributed by atoms with Crippen molar-refractivity contribution in [3.8, 4) is 11.1 Å². The number of anilines is 3. The van der Waals surface area contributed by atoms with Crippen molar-refractivity contribution < 1.29 is 4.42 Å². The number of hydrogen-bond acceptors (Lipinski definition) is 2. The van der Waals surface area contributed by atoms with Crippen LogP contribution >= 0.6 is 0 Å². The standard InChI is InChI=1S/C42H35NO/c1-4-12-31(13-5-1)32-18-22-35(23-19-32)43(37-26-27-41-39(30-37)38-16-8-9-17-40(38)44-41)36-24-20-34(21-25-36)42(28-10-3-11-29-42)33-14-6-2-7-15-33/h1-2,4-9,12-27,30H,3,10-11,28-29H2. The molecule has 2 nitrogen and oxygen atoms in total. The second-order valence-electron chi connectivity index (χ2n) is 12.1. The SMILES string of the molecule is c1ccc(-c2ccc(N(c3ccc(C4(c5ccccc5)CCCCC4)cc3)c3ccc4oc5ccccc5c4c3)cc2)cc1. The fraction of sp³-hybridized carbons (Fsp3) is 0.143. The third-order valence-electron chi connectivity index (χ3n) is 9.56. The highest BCUT2D eigenvalue weighted by atomic mass is 16.3. The number of para-hydroxylation sites is 1. The summed E-state index contributed by atoms with van der Waals surface area (Å²) in [6.07, 6.45) is 6.27. The van der Waals surface area contributed by atoms with E-state index in [0.717, 1.165) is 39.0 Å². The van der Waals surface area contributed by atoms with Gasteiger partial charge in [0.15, 0.2) is 0 Å². The Morgan fingerprint density at radius 3 is 1.70 bits per heavy atom. The van der Waals surface area contributed by atoms with E-state index in [-0.39, 0.29) is 5.41 Å². The summed E-state index contributed by atoms with van der Waals surface area (Å²) < 4.78 is 6.18. The minimum Gasteiger partial charge on any atom is -0.456 e. The molecule has 0 saturated heterocycles. The van der Waals surface area contributed by atoms with Crippen LogP contribution in [0, 0.1) is 0 Å². The predicted octanol–water partition coefficient (Wildman–Crippen LogP) is 12.0. The summed E-state index contributed by atoms with van der Waals surface area (Å²) in [6, 6.07) is 54.9. The van der Waals surface area contributed by atoms with Gasteiger partial charge in [-0.1, -0.05) is 122 Å². The molecule has 0 amide bonds. The quantitative estimate of drug-likeness (QED) is 0.198. The summed E-state index contributed by atoms with van der Waals surface area (Å²) in [5.74, 6) is 0. The fourth-order valence-electron chi connectivity index (χ4n) is 7.32. The smallest absolute Gasteiger partial charge is 0.135 e. The number of hydrogen-bond donors (Lipinski definition) is 0. The molecule has 0 radical (unpaired) electrons. The molecule has 1 aromatic heterocycles. The van der Waals surface area contributed by atoms with E-state index < -0.39 is 0 Å². The zero-order valence-corrected chi connectivity index (χ0v) is 24.8. The van der Waals surface area contributed by atoms with Gasteiger partial charge >= 0.3 is 0 Å². The van der Waals surface area contributed by atoms with Crippen LogP contribution in [0.4, 0.5) is 17.1 Å². The lowest BCUT2D eigenvalue weighted by Gasteiger charge is -2.39. The van der Waals surface area contributed by atoms with Gasteiger partial charge in [-0.3, -0.25) is 0 Å². The molecule has 7 aromatic rings. The average Bonchev–Trinajstić information content (AvgIpc) is 3.48. The van der Waals surface area contributed by atoms with Gasteiger partial charge in [0.25, 0.3) is 0 Å². The van der Waals surface area contributed by atoms with Crippen LogP contribution in [0.3, 0.4) is 0 Å². The highest BCUT2D eigenvalue weighted by molar-refractivity contribution is 6.06. The first-order chi connectivity index (χ1) is 21.8. The van der Waals surface area contributed by atoms with E-state index >= 15 is 0 Å². The Bertz CT molecular complexity index is 2020. The van der Waals surface area contributed by atoms with Crippen molar-refractivity contribution in [1.82, 2.24) is 0 Å². The molecule has 1 aliphatic rings. The molecule has 8 rings (SSSR count). The van der Waals surface area contributed by atoms with Crippen LogP contribution in [0.2, 0.25) is 0 Å². The summed E-state index contributed by atoms with van der Waals surface area (Å²) in [6.45, 7) is 0. The van der Waals surface area contributed by atoms with Crippen LogP contribution in [0.1, 0.15) is 43.2 Å². The van der Waals surface area contributed by atoms with E-state index in [4.69, 9.17) is 4.42 Å². The molecule has 2 heteroatoms. The minimum atomic E-state index is 0.0782. The zero-order chi connectivity index (χ0) is 29.3. The molecule has 0 bridgehead atoms. The summed E-state index contributed by atoms with van der Waals surface area (Å²) in [5, 5.41) is 2.27. The Kier molecular flexibility index (Phi) is 6.76. The largest absolute Gasteiger partial charge is 0.456 e. The molecule has 0 unspecified atom stereocenters. The molecule has 1 aliphatic carbocycles. The van der Waals surface area contributed by atoms with Gasteiger partial charge in [-0.05, 0) is 83.6 Å². The maximum absolute atomic E-state index is 6.18. The Morgan fingerprint density at radius 2 is 0.977 bits per heavy atom. The van der Waals surface area contributed by atoms with Crippen molar-refractivity contribution in [2.75, 3.05) is 4.90 Å². The Labute approximate surface area is 259 Å². The maximum atomic E-state index is 6.18. The number of fused-ring (bicyclic) bond motifs is 3. The van der Waals surface area contributed by atoms with Crippen molar-refractivity contribution in [2.24, 2.45) is 0 Å². The van der Waals surface area contributed by atoms with E-state index in [0.29, 0.717) is 0 Å². The van der Waals surface area contributed by atoms with Gasteiger partial charge in [0, 0.05) is 33.2 Å². The van der Waals surface area contributed by atoms with Crippen molar-refractivity contribution in [1.29, 1.82) is 0 Å². The Morgan fingerprint density at radius 1 is 0.432 bits per heavy atom. The van der Waals surface area contributed by atoms with E-state index in [2.05, 4.69) is 144 Å². The van der Waals surface area contributed by atoms with Gasteiger partial charge < -0.3 is 9.32 Å². The highest BCUT2D eigenvalue weighted by Crippen LogP contribution is 2.46. The molecular formula is C42H35NO. The summed E-state index contributed by atoms with van der Waals surface area (Å²) >= 11 is 0. The third kappa shape index (κ3) is 4.68. The lowest BCUT2D eigenvalue weighted by molar-refractivity contribution is 0.346. The van der Waals surface area contributed by atoms with E-state index in [1.54, 1.807) is 0 Å². The monoisotopic (exact) mass is 569 g/mol. The van der Waals surface area contributed by atoms with Crippen molar-refractivity contribution in [2.45, 2.75) is 37.5 Å². The van der Waals surface area contributed by atoms with Gasteiger partial charge in [-0.2, -0.15) is 0 Å². The van der Waals surface area contributed by atoms with Crippen molar-refractivity contribution >= 4 is 39.0 Å². The molecule has 0 aliphatic heterocycles. The van der Waals surface area contributed by atoms with Gasteiger partial charge in [-0.15, -0.1) is 0 Å². The molecule has 0 atom stereocenters. The lowest BCUT2D eigenvalue weighted by atomic mass is 9.65. The van der Waals surface area contributed by atoms with Crippen molar-refractivity contribution in [3.05, 3.63) is 163 Å². The number of furan rings is 1. The summed E-state index contributed by atoms with van der Waals surface area (Å²) in [5.41, 5.74) is 10.6. The van der Waals surface area contributed by atoms with Gasteiger partial charge in [0.1, 0.15) is 11.2 Å². The zero-order valence-electron chi connectivity index (χ0n) is 24.8. The summed E-state index contributed by atoms with van der Waals surface area (Å²) in [4.78, 5) is 2.37. The molecule has 1 fully saturated rings. The Hall–Kier alpha value is -5.08. The normalized spacial score (nSPS) is 14.5. The molecule has 1 saturated carbocycles. The first-order valence-electron chi connectivity index (χ1n) is 15.8. The van der Waals surface area contributed by atoms with Crippen LogP contribution < -0.4 is 4.90 Å². The van der Waals surface area contributed by atoms with Gasteiger partial charge in [0.2, 0.25) is 0 Å². The molecule has 0 spiro atoms. The highest BCUT2D eigenvalue weighted by Gasteiger charge is 2.35. The van der Waals surface area contributed by atoms with Crippen LogP contribution in [-0.4, -0.2) is 0 Å². The number of nitrogens with zero attached hydrogens (tertiary/aromatic N) is 1. The van der Waals surface area contributed by atoms with E-state index in [1.165, 1.54) is 54.4 Å². The molecule has 6 aromatic carbocycles. The third-order valence-corrected chi connectivity index (χ3v) is 9.56. The molecule has 214 valence electrons. The molecule has 1 heterocycles. The van der Waals surface area contributed by atoms with Crippen LogP contribution in [-0.2, 0) is 5.41 Å². The van der Waals surface area contributed by atoms with Gasteiger partial charge in [0.05, 0.1) is 0 Å². The second kappa shape index (κ2) is 11.2. The van der Waals surface area contributed by atoms with Crippen LogP contribution in [0.5, 0.6) is 0 Å². The Balaban J connectivity index is 1.24. The topological polar surface area (TPSA) is 16.4 Å². The lowest BCUT2D eigenvalue weighted by Crippen LogP contribution is -2.30. The molecule has 0 N–H and O–H groups in total. The van der Waals surface area contributed by atoms with E-state index in [9.17, 15) is 0 Å². The second-order valence-corrected chi connectivity index (χ2v) is 12.1. The van der Waals surface area contributed by atoms with Crippen molar-refractivity contribution in [3.63, 3.8) is 0 Å². The minimum absolute atomic E-state index is 0.0782. The van der Waals surface area contributed by atoms with Gasteiger partial charge in [-0.25, -0.2) is 0 Å². The average molecular weight is 570 g/mol. The summed E-state index contributed by atoms with van der Waals surface area (Å²) in [7, 11) is 0. The number of rotatable bonds is 6. The van der Waals surface area contributed by atoms with Crippen LogP contribution in [0.15, 0.2) is 156 Å². The first-order valence-corrected chi connectivity index (χ1v) is 15.8. The first kappa shape index (κ1) is 26.5. The fourth-order valence-corrected chi connectivity index (χ4v) is 7.32. The van der Waals surface area contributed by atoms with E-state index in [1.807, 2.05) is 12.1 Å². The number of benzene rings is 6. The molecule has 44 heavy (non-hydrogen) atoms. The predicted molar refractivity (Wildman–Crippen MR) is 184 cm³/mol. The molecular weight excluding hydrogens is 534 g/mol. The van der Waals surface area contributed by atoms with Crippen LogP contribution in [0.25, 0.3) is 33.1 Å².